The van der Waals surface area contributed by atoms with Crippen molar-refractivity contribution < 1.29 is 38.1 Å². The minimum atomic E-state index is -0.0176. The summed E-state index contributed by atoms with van der Waals surface area (Å²) in [6.45, 7) is 16.3. The van der Waals surface area contributed by atoms with Crippen LogP contribution in [0, 0.1) is 47.3 Å². The van der Waals surface area contributed by atoms with Gasteiger partial charge in [-0.25, -0.2) is 0 Å². The molecule has 0 N–H and O–H groups in total. The molecule has 8 rings (SSSR count). The number of fused-ring (bicyclic) bond motifs is 4. The summed E-state index contributed by atoms with van der Waals surface area (Å²) in [6, 6.07) is 0. The third-order valence-corrected chi connectivity index (χ3v) is 12.0. The average molecular weight is 665 g/mol. The van der Waals surface area contributed by atoms with Crippen molar-refractivity contribution in [2.45, 2.75) is 131 Å². The molecule has 264 valence electrons. The predicted octanol–water partition coefficient (Wildman–Crippen LogP) is 7.62. The molecule has 0 radical (unpaired) electrons. The lowest BCUT2D eigenvalue weighted by atomic mass is 9.82. The van der Waals surface area contributed by atoms with Gasteiger partial charge < -0.3 is 18.9 Å². The van der Waals surface area contributed by atoms with Crippen LogP contribution in [0.1, 0.15) is 107 Å². The highest BCUT2D eigenvalue weighted by atomic mass is 16.6. The van der Waals surface area contributed by atoms with Gasteiger partial charge in [0.05, 0.1) is 23.7 Å². The van der Waals surface area contributed by atoms with Crippen molar-refractivity contribution in [2.75, 3.05) is 0 Å². The van der Waals surface area contributed by atoms with Crippen molar-refractivity contribution in [2.24, 2.45) is 47.3 Å². The molecule has 0 aromatic rings. The molecule has 8 aliphatic rings. The summed E-state index contributed by atoms with van der Waals surface area (Å²) in [7, 11) is 0. The smallest absolute Gasteiger partial charge is 0.309 e. The number of allylic oxidation sites excluding steroid dienone is 4. The van der Waals surface area contributed by atoms with E-state index in [4.69, 9.17) is 18.9 Å². The summed E-state index contributed by atoms with van der Waals surface area (Å²) < 4.78 is 20.9. The highest BCUT2D eigenvalue weighted by Gasteiger charge is 2.44. The van der Waals surface area contributed by atoms with Gasteiger partial charge in [-0.2, -0.15) is 0 Å². The Balaban J connectivity index is 0.000000125. The first kappa shape index (κ1) is 36.1. The molecule has 0 saturated carbocycles. The first-order valence-corrected chi connectivity index (χ1v) is 18.2. The maximum absolute atomic E-state index is 11.2. The molecule has 8 nitrogen and oxygen atoms in total. The van der Waals surface area contributed by atoms with E-state index in [-0.39, 0.29) is 72.0 Å². The van der Waals surface area contributed by atoms with Gasteiger partial charge in [0.2, 0.25) is 0 Å². The Morgan fingerprint density at radius 3 is 0.771 bits per heavy atom. The lowest BCUT2D eigenvalue weighted by Gasteiger charge is -2.22. The van der Waals surface area contributed by atoms with E-state index in [1.165, 1.54) is 22.3 Å². The molecule has 0 bridgehead atoms. The third-order valence-electron chi connectivity index (χ3n) is 12.0. The fraction of sp³-hybridized carbons (Fsp3) is 0.700. The van der Waals surface area contributed by atoms with E-state index in [2.05, 4.69) is 52.0 Å². The Morgan fingerprint density at radius 1 is 0.396 bits per heavy atom. The Morgan fingerprint density at radius 2 is 0.583 bits per heavy atom. The minimum absolute atomic E-state index is 0.0176. The van der Waals surface area contributed by atoms with Crippen LogP contribution in [0.2, 0.25) is 0 Å². The second-order valence-corrected chi connectivity index (χ2v) is 15.6. The fourth-order valence-electron chi connectivity index (χ4n) is 8.47. The largest absolute Gasteiger partial charge is 0.458 e. The lowest BCUT2D eigenvalue weighted by molar-refractivity contribution is -0.143. The number of carbonyl (C=O) groups is 4. The van der Waals surface area contributed by atoms with Crippen LogP contribution in [0.5, 0.6) is 0 Å². The number of carbonyl (C=O) groups excluding carboxylic acids is 4. The summed E-state index contributed by atoms with van der Waals surface area (Å²) in [6.07, 6.45) is 17.7. The van der Waals surface area contributed by atoms with Gasteiger partial charge in [-0.1, -0.05) is 50.0 Å². The SMILES string of the molecule is CC1=CC2OC(=O)[C@@H](C)[C@@H]2CC1.CC1=CC2OC(=O)[C@H](C)[C@@H]2CC1.CC1=C[C@H]2OC(=O)[C@@H](C)[C@H]2CC1.CC1=C[C@H]2OC(=O)[C@H](C)[C@H]2CC1. The Kier molecular flexibility index (Phi) is 11.4. The molecular weight excluding hydrogens is 608 g/mol. The van der Waals surface area contributed by atoms with Crippen LogP contribution in [-0.4, -0.2) is 48.3 Å². The number of esters is 4. The molecular formula is C40H56O8. The van der Waals surface area contributed by atoms with Gasteiger partial charge in [0.15, 0.2) is 0 Å². The van der Waals surface area contributed by atoms with Crippen LogP contribution >= 0.6 is 0 Å². The van der Waals surface area contributed by atoms with Gasteiger partial charge in [0.25, 0.3) is 0 Å². The van der Waals surface area contributed by atoms with E-state index < -0.39 is 0 Å². The number of hydrogen-bond donors (Lipinski definition) is 0. The van der Waals surface area contributed by atoms with Crippen molar-refractivity contribution in [3.8, 4) is 0 Å². The normalized spacial score (nSPS) is 40.3. The maximum Gasteiger partial charge on any atom is 0.309 e. The Bertz CT molecular complexity index is 1180. The Hall–Kier alpha value is -3.16. The molecule has 8 heteroatoms. The molecule has 2 unspecified atom stereocenters. The molecule has 0 aromatic carbocycles. The van der Waals surface area contributed by atoms with Crippen LogP contribution < -0.4 is 0 Å². The second kappa shape index (κ2) is 15.2. The van der Waals surface area contributed by atoms with Crippen LogP contribution in [0.25, 0.3) is 0 Å². The van der Waals surface area contributed by atoms with E-state index in [0.29, 0.717) is 23.7 Å². The van der Waals surface area contributed by atoms with E-state index >= 15 is 0 Å². The van der Waals surface area contributed by atoms with Gasteiger partial charge in [-0.3, -0.25) is 19.2 Å². The zero-order chi connectivity index (χ0) is 34.9. The molecule has 0 spiro atoms. The van der Waals surface area contributed by atoms with Crippen LogP contribution in [-0.2, 0) is 38.1 Å². The minimum Gasteiger partial charge on any atom is -0.458 e. The lowest BCUT2D eigenvalue weighted by Crippen LogP contribution is -2.21. The van der Waals surface area contributed by atoms with E-state index in [0.717, 1.165) is 51.4 Å². The molecule has 48 heavy (non-hydrogen) atoms. The molecule has 4 fully saturated rings. The molecule has 0 amide bonds. The fourth-order valence-corrected chi connectivity index (χ4v) is 8.47. The van der Waals surface area contributed by atoms with Gasteiger partial charge >= 0.3 is 23.9 Å². The first-order valence-electron chi connectivity index (χ1n) is 18.2. The van der Waals surface area contributed by atoms with Crippen LogP contribution in [0.15, 0.2) is 46.6 Å². The summed E-state index contributed by atoms with van der Waals surface area (Å²) in [5.74, 6) is 2.15. The molecule has 4 heterocycles. The van der Waals surface area contributed by atoms with Gasteiger partial charge in [-0.15, -0.1) is 0 Å². The summed E-state index contributed by atoms with van der Waals surface area (Å²) >= 11 is 0. The van der Waals surface area contributed by atoms with E-state index in [9.17, 15) is 19.2 Å². The molecule has 4 aliphatic carbocycles. The Labute approximate surface area is 286 Å². The van der Waals surface area contributed by atoms with Crippen molar-refractivity contribution in [1.29, 1.82) is 0 Å². The van der Waals surface area contributed by atoms with Gasteiger partial charge in [0.1, 0.15) is 24.4 Å². The van der Waals surface area contributed by atoms with Crippen molar-refractivity contribution in [3.05, 3.63) is 46.6 Å². The number of rotatable bonds is 0. The first-order chi connectivity index (χ1) is 22.7. The molecule has 4 saturated heterocycles. The van der Waals surface area contributed by atoms with Gasteiger partial charge in [-0.05, 0) is 103 Å². The zero-order valence-corrected chi connectivity index (χ0v) is 30.2. The average Bonchev–Trinajstić information content (AvgIpc) is 3.69. The predicted molar refractivity (Wildman–Crippen MR) is 182 cm³/mol. The van der Waals surface area contributed by atoms with Crippen molar-refractivity contribution in [1.82, 2.24) is 0 Å². The van der Waals surface area contributed by atoms with Gasteiger partial charge in [0, 0.05) is 23.7 Å². The topological polar surface area (TPSA) is 105 Å². The molecule has 12 atom stereocenters. The summed E-state index contributed by atoms with van der Waals surface area (Å²) in [5, 5.41) is 0. The second-order valence-electron chi connectivity index (χ2n) is 15.6. The van der Waals surface area contributed by atoms with E-state index in [1.54, 1.807) is 0 Å². The van der Waals surface area contributed by atoms with Crippen LogP contribution in [0.4, 0.5) is 0 Å². The third kappa shape index (κ3) is 8.00. The highest BCUT2D eigenvalue weighted by Crippen LogP contribution is 2.40. The monoisotopic (exact) mass is 664 g/mol. The summed E-state index contributed by atoms with van der Waals surface area (Å²) in [4.78, 5) is 44.8. The number of ether oxygens (including phenoxy) is 4. The van der Waals surface area contributed by atoms with Crippen molar-refractivity contribution >= 4 is 23.9 Å². The quantitative estimate of drug-likeness (QED) is 0.148. The van der Waals surface area contributed by atoms with E-state index in [1.807, 2.05) is 27.7 Å². The van der Waals surface area contributed by atoms with Crippen LogP contribution in [0.3, 0.4) is 0 Å². The number of hydrogen-bond acceptors (Lipinski definition) is 8. The summed E-state index contributed by atoms with van der Waals surface area (Å²) in [5.41, 5.74) is 5.44. The molecule has 0 aromatic heterocycles. The zero-order valence-electron chi connectivity index (χ0n) is 30.2. The van der Waals surface area contributed by atoms with Crippen molar-refractivity contribution in [3.63, 3.8) is 0 Å². The molecule has 4 aliphatic heterocycles. The maximum atomic E-state index is 11.2. The standard InChI is InChI=1S/4C10H14O2/c4*1-6-3-4-8-7(2)10(11)12-9(8)5-6/h4*5,7-9H,3-4H2,1-2H3/t7-,8+,9?;7-,8+,9+;7-,8-,9?;7-,8-,9-/m1001/s1. The highest BCUT2D eigenvalue weighted by molar-refractivity contribution is 5.76.